The molecule has 3 nitrogen and oxygen atoms in total. The van der Waals surface area contributed by atoms with Crippen molar-refractivity contribution in [2.24, 2.45) is 0 Å². The molecule has 110 valence electrons. The summed E-state index contributed by atoms with van der Waals surface area (Å²) in [5, 5.41) is 0.978. The van der Waals surface area contributed by atoms with Crippen LogP contribution in [0.15, 0.2) is 22.8 Å². The topological polar surface area (TPSA) is 30.7 Å². The summed E-state index contributed by atoms with van der Waals surface area (Å²) in [6.07, 6.45) is 2.48. The molecular weight excluding hydrogens is 377 g/mol. The highest BCUT2D eigenvalue weighted by molar-refractivity contribution is 9.10. The van der Waals surface area contributed by atoms with Crippen molar-refractivity contribution in [1.82, 2.24) is 14.5 Å². The smallest absolute Gasteiger partial charge is 0.139 e. The highest BCUT2D eigenvalue weighted by Crippen LogP contribution is 2.26. The molecule has 2 aromatic heterocycles. The molecule has 3 aromatic rings. The van der Waals surface area contributed by atoms with Gasteiger partial charge in [0, 0.05) is 29.4 Å². The van der Waals surface area contributed by atoms with Crippen LogP contribution < -0.4 is 0 Å². The molecule has 7 heteroatoms. The minimum atomic E-state index is -0.295. The highest BCUT2D eigenvalue weighted by Gasteiger charge is 2.14. The minimum Gasteiger partial charge on any atom is -0.321 e. The van der Waals surface area contributed by atoms with Gasteiger partial charge in [0.2, 0.25) is 0 Å². The lowest BCUT2D eigenvalue weighted by atomic mass is 10.3. The Bertz CT molecular complexity index is 799. The van der Waals surface area contributed by atoms with E-state index >= 15 is 0 Å². The van der Waals surface area contributed by atoms with E-state index in [1.165, 1.54) is 6.07 Å². The Morgan fingerprint density at radius 3 is 2.90 bits per heavy atom. The van der Waals surface area contributed by atoms with Crippen molar-refractivity contribution in [1.29, 1.82) is 0 Å². The molecule has 0 saturated carbocycles. The van der Waals surface area contributed by atoms with Crippen LogP contribution >= 0.6 is 38.9 Å². The van der Waals surface area contributed by atoms with Crippen LogP contribution in [0.5, 0.6) is 0 Å². The molecule has 0 bridgehead atoms. The number of hydrogen-bond acceptors (Lipinski definition) is 3. The van der Waals surface area contributed by atoms with Gasteiger partial charge < -0.3 is 4.57 Å². The molecule has 0 atom stereocenters. The third kappa shape index (κ3) is 2.98. The lowest BCUT2D eigenvalue weighted by Crippen LogP contribution is -2.05. The van der Waals surface area contributed by atoms with Crippen LogP contribution in [0, 0.1) is 12.7 Å². The summed E-state index contributed by atoms with van der Waals surface area (Å²) in [7, 11) is 0. The molecule has 0 radical (unpaired) electrons. The molecule has 0 N–H and O–H groups in total. The summed E-state index contributed by atoms with van der Waals surface area (Å²) in [4.78, 5) is 10.1. The third-order valence-corrected chi connectivity index (χ3v) is 4.84. The van der Waals surface area contributed by atoms with Gasteiger partial charge in [-0.15, -0.1) is 22.9 Å². The van der Waals surface area contributed by atoms with Crippen LogP contribution in [0.4, 0.5) is 4.39 Å². The van der Waals surface area contributed by atoms with Crippen molar-refractivity contribution in [3.63, 3.8) is 0 Å². The van der Waals surface area contributed by atoms with Gasteiger partial charge in [-0.25, -0.2) is 14.4 Å². The molecule has 0 aliphatic carbocycles. The van der Waals surface area contributed by atoms with Crippen molar-refractivity contribution < 1.29 is 4.39 Å². The second-order valence-corrected chi connectivity index (χ2v) is 7.22. The Morgan fingerprint density at radius 2 is 2.24 bits per heavy atom. The number of halogens is 3. The second-order valence-electron chi connectivity index (χ2n) is 4.67. The zero-order valence-corrected chi connectivity index (χ0v) is 14.4. The molecule has 1 aromatic carbocycles. The molecule has 0 amide bonds. The van der Waals surface area contributed by atoms with Crippen LogP contribution in [0.25, 0.3) is 11.0 Å². The molecule has 0 aliphatic heterocycles. The number of alkyl halides is 1. The summed E-state index contributed by atoms with van der Waals surface area (Å²) in [5.41, 5.74) is 1.53. The normalized spacial score (nSPS) is 11.4. The molecule has 21 heavy (non-hydrogen) atoms. The Balaban J connectivity index is 2.12. The van der Waals surface area contributed by atoms with Gasteiger partial charge in [0.15, 0.2) is 0 Å². The Hall–Kier alpha value is -0.980. The third-order valence-electron chi connectivity index (χ3n) is 3.15. The van der Waals surface area contributed by atoms with Gasteiger partial charge in [0.25, 0.3) is 0 Å². The maximum Gasteiger partial charge on any atom is 0.139 e. The summed E-state index contributed by atoms with van der Waals surface area (Å²) < 4.78 is 16.2. The Kier molecular flexibility index (Phi) is 4.28. The second kappa shape index (κ2) is 6.02. The monoisotopic (exact) mass is 387 g/mol. The van der Waals surface area contributed by atoms with Gasteiger partial charge in [-0.3, -0.25) is 0 Å². The maximum atomic E-state index is 13.8. The number of rotatable bonds is 4. The number of imidazole rings is 1. The van der Waals surface area contributed by atoms with Gasteiger partial charge >= 0.3 is 0 Å². The summed E-state index contributed by atoms with van der Waals surface area (Å²) >= 11 is 10.7. The fourth-order valence-corrected chi connectivity index (χ4v) is 3.51. The van der Waals surface area contributed by atoms with Crippen molar-refractivity contribution in [2.75, 3.05) is 5.88 Å². The quantitative estimate of drug-likeness (QED) is 0.615. The van der Waals surface area contributed by atoms with E-state index in [4.69, 9.17) is 11.6 Å². The first kappa shape index (κ1) is 14.9. The van der Waals surface area contributed by atoms with Crippen LogP contribution in [-0.4, -0.2) is 20.4 Å². The van der Waals surface area contributed by atoms with E-state index in [-0.39, 0.29) is 5.82 Å². The van der Waals surface area contributed by atoms with Crippen LogP contribution in [0.1, 0.15) is 15.7 Å². The largest absolute Gasteiger partial charge is 0.321 e. The molecule has 3 rings (SSSR count). The minimum absolute atomic E-state index is 0.295. The Labute approximate surface area is 138 Å². The summed E-state index contributed by atoms with van der Waals surface area (Å²) in [6, 6.07) is 3.20. The molecule has 0 fully saturated rings. The summed E-state index contributed by atoms with van der Waals surface area (Å²) in [6.45, 7) is 2.60. The summed E-state index contributed by atoms with van der Waals surface area (Å²) in [5.74, 6) is 1.03. The number of aryl methyl sites for hydroxylation is 2. The van der Waals surface area contributed by atoms with E-state index in [1.807, 2.05) is 17.7 Å². The number of nitrogens with zero attached hydrogens (tertiary/aromatic N) is 3. The lowest BCUT2D eigenvalue weighted by Gasteiger charge is -2.06. The predicted molar refractivity (Wildman–Crippen MR) is 87.8 cm³/mol. The zero-order chi connectivity index (χ0) is 15.0. The first-order chi connectivity index (χ1) is 10.1. The molecule has 0 aliphatic rings. The van der Waals surface area contributed by atoms with E-state index < -0.39 is 0 Å². The predicted octanol–water partition coefficient (Wildman–Crippen LogP) is 4.53. The van der Waals surface area contributed by atoms with Crippen LogP contribution in [-0.2, 0) is 13.0 Å². The number of aromatic nitrogens is 3. The Morgan fingerprint density at radius 1 is 1.43 bits per heavy atom. The highest BCUT2D eigenvalue weighted by atomic mass is 79.9. The first-order valence-corrected chi connectivity index (χ1v) is 8.54. The van der Waals surface area contributed by atoms with Crippen LogP contribution in [0.3, 0.4) is 0 Å². The van der Waals surface area contributed by atoms with Gasteiger partial charge in [-0.1, -0.05) is 0 Å². The zero-order valence-electron chi connectivity index (χ0n) is 11.2. The van der Waals surface area contributed by atoms with Gasteiger partial charge in [-0.05, 0) is 28.9 Å². The molecular formula is C14H12BrClFN3S. The van der Waals surface area contributed by atoms with Crippen molar-refractivity contribution >= 4 is 49.9 Å². The number of hydrogen-bond donors (Lipinski definition) is 0. The average molecular weight is 389 g/mol. The number of fused-ring (bicyclic) bond motifs is 1. The van der Waals surface area contributed by atoms with Gasteiger partial charge in [0.05, 0.1) is 22.1 Å². The molecule has 0 unspecified atom stereocenters. The maximum absolute atomic E-state index is 13.8. The van der Waals surface area contributed by atoms with E-state index in [1.54, 1.807) is 17.4 Å². The van der Waals surface area contributed by atoms with Gasteiger partial charge in [0.1, 0.15) is 16.6 Å². The first-order valence-electron chi connectivity index (χ1n) is 6.40. The fraction of sp³-hybridized carbons (Fsp3) is 0.286. The number of benzene rings is 1. The van der Waals surface area contributed by atoms with Crippen molar-refractivity contribution in [2.45, 2.75) is 19.9 Å². The van der Waals surface area contributed by atoms with E-state index in [0.717, 1.165) is 26.7 Å². The molecule has 2 heterocycles. The van der Waals surface area contributed by atoms with E-state index in [0.29, 0.717) is 23.3 Å². The van der Waals surface area contributed by atoms with Crippen LogP contribution in [0.2, 0.25) is 0 Å². The van der Waals surface area contributed by atoms with E-state index in [2.05, 4.69) is 25.9 Å². The molecule has 0 saturated heterocycles. The van der Waals surface area contributed by atoms with Gasteiger partial charge in [-0.2, -0.15) is 0 Å². The van der Waals surface area contributed by atoms with Crippen molar-refractivity contribution in [3.8, 4) is 0 Å². The lowest BCUT2D eigenvalue weighted by molar-refractivity contribution is 0.621. The average Bonchev–Trinajstić information content (AvgIpc) is 2.97. The SMILES string of the molecule is Cc1cnc(Cn2c(CCCl)nc3cc(Br)c(F)cc32)s1. The number of thiazole rings is 1. The fourth-order valence-electron chi connectivity index (χ4n) is 2.23. The van der Waals surface area contributed by atoms with E-state index in [9.17, 15) is 4.39 Å². The van der Waals surface area contributed by atoms with Crippen molar-refractivity contribution in [3.05, 3.63) is 44.3 Å². The standard InChI is InChI=1S/C14H12BrClFN3S/c1-8-6-18-14(21-8)7-20-12-5-10(17)9(15)4-11(12)19-13(20)2-3-16/h4-6H,2-3,7H2,1H3. The molecule has 0 spiro atoms.